The highest BCUT2D eigenvalue weighted by atomic mass is 35.5. The number of carbonyl (C=O) groups excluding carboxylic acids is 5. The summed E-state index contributed by atoms with van der Waals surface area (Å²) in [5.41, 5.74) is 1.65. The van der Waals surface area contributed by atoms with Gasteiger partial charge in [-0.05, 0) is 61.7 Å². The molecule has 2 aromatic carbocycles. The smallest absolute Gasteiger partial charge is 0.262 e. The number of hydrogen-bond acceptors (Lipinski definition) is 10. The number of rotatable bonds is 7. The minimum absolute atomic E-state index is 0.0802. The first kappa shape index (κ1) is 36.5. The van der Waals surface area contributed by atoms with Crippen molar-refractivity contribution < 1.29 is 28.7 Å². The minimum atomic E-state index is -0.987. The third-order valence-corrected chi connectivity index (χ3v) is 12.7. The molecule has 3 saturated heterocycles. The number of amides is 5. The molecule has 1 aromatic heterocycles. The van der Waals surface area contributed by atoms with Gasteiger partial charge in [0.25, 0.3) is 17.7 Å². The molecule has 1 atom stereocenters. The number of nitrogens with one attached hydrogen (secondary N) is 2. The average Bonchev–Trinajstić information content (AvgIpc) is 3.39. The van der Waals surface area contributed by atoms with Gasteiger partial charge in [0.15, 0.2) is 0 Å². The highest BCUT2D eigenvalue weighted by Gasteiger charge is 2.64. The summed E-state index contributed by atoms with van der Waals surface area (Å²) in [4.78, 5) is 74.1. The monoisotopic (exact) mass is 763 g/mol. The van der Waals surface area contributed by atoms with Gasteiger partial charge in [-0.2, -0.15) is 5.26 Å². The number of piperidine rings is 2. The molecule has 4 aliphatic heterocycles. The van der Waals surface area contributed by atoms with E-state index in [9.17, 15) is 29.2 Å². The van der Waals surface area contributed by atoms with Crippen LogP contribution in [0.3, 0.4) is 0 Å². The van der Waals surface area contributed by atoms with Gasteiger partial charge in [-0.3, -0.25) is 34.2 Å². The number of carbonyl (C=O) groups is 5. The number of fused-ring (bicyclic) bond motifs is 1. The Morgan fingerprint density at radius 3 is 2.29 bits per heavy atom. The van der Waals surface area contributed by atoms with Gasteiger partial charge in [0, 0.05) is 72.8 Å². The van der Waals surface area contributed by atoms with Gasteiger partial charge >= 0.3 is 0 Å². The summed E-state index contributed by atoms with van der Waals surface area (Å²) in [7, 11) is 0. The second kappa shape index (κ2) is 13.1. The molecule has 0 bridgehead atoms. The Hall–Kier alpha value is -5.48. The normalized spacial score (nSPS) is 24.7. The lowest BCUT2D eigenvalue weighted by Gasteiger charge is -2.63. The fourth-order valence-corrected chi connectivity index (χ4v) is 9.86. The van der Waals surface area contributed by atoms with Crippen LogP contribution in [-0.4, -0.2) is 83.8 Å². The Kier molecular flexibility index (Phi) is 8.68. The van der Waals surface area contributed by atoms with E-state index in [0.29, 0.717) is 21.9 Å². The molecule has 4 fully saturated rings. The summed E-state index contributed by atoms with van der Waals surface area (Å²) in [6, 6.07) is 14.9. The molecule has 2 N–H and O–H groups in total. The average molecular weight is 764 g/mol. The SMILES string of the molecule is CC1(C)C(NC(=O)c2ccc(N3CCC4(CC3)CN(c3ccc5c(c3)C(=O)N(C3CCC(=O)NC3=O)C5=O)C4)nc2)C(C)(C)C1Oc1ccc(C#N)c(Cl)c1. The number of ether oxygens (including phenoxy) is 1. The van der Waals surface area contributed by atoms with Crippen LogP contribution in [0.5, 0.6) is 5.75 Å². The van der Waals surface area contributed by atoms with Crippen LogP contribution in [0.25, 0.3) is 0 Å². The number of anilines is 2. The Balaban J connectivity index is 0.841. The number of halogens is 1. The number of nitriles is 1. The maximum absolute atomic E-state index is 13.5. The second-order valence-corrected chi connectivity index (χ2v) is 17.1. The number of pyridine rings is 1. The van der Waals surface area contributed by atoms with Crippen molar-refractivity contribution in [2.75, 3.05) is 36.0 Å². The number of hydrogen-bond donors (Lipinski definition) is 2. The van der Waals surface area contributed by atoms with Crippen LogP contribution in [0.4, 0.5) is 11.5 Å². The van der Waals surface area contributed by atoms with Crippen LogP contribution in [0.15, 0.2) is 54.7 Å². The standard InChI is InChI=1S/C41H42ClN7O6/c1-39(2)37(40(3,4)38(39)55-26-8-5-23(19-43)29(42)18-26)46-33(51)24-6-11-31(44-20-24)47-15-13-41(14-16-47)21-48(22-41)25-7-9-27-28(17-25)36(54)49(35(27)53)30-10-12-32(50)45-34(30)52/h5-9,11,17-18,20,30,37-38H,10,12-16,21-22H2,1-4H3,(H,46,51)(H,45,50,52). The van der Waals surface area contributed by atoms with E-state index in [1.807, 2.05) is 18.2 Å². The number of imide groups is 2. The van der Waals surface area contributed by atoms with E-state index >= 15 is 0 Å². The summed E-state index contributed by atoms with van der Waals surface area (Å²) in [5, 5.41) is 15.0. The van der Waals surface area contributed by atoms with Crippen molar-refractivity contribution in [1.29, 1.82) is 5.26 Å². The van der Waals surface area contributed by atoms with E-state index in [-0.39, 0.29) is 58.3 Å². The first-order valence-corrected chi connectivity index (χ1v) is 19.0. The lowest BCUT2D eigenvalue weighted by atomic mass is 9.49. The zero-order valence-electron chi connectivity index (χ0n) is 31.1. The fraction of sp³-hybridized carbons (Fsp3) is 0.439. The van der Waals surface area contributed by atoms with Crippen molar-refractivity contribution in [3.63, 3.8) is 0 Å². The van der Waals surface area contributed by atoms with Crippen molar-refractivity contribution >= 4 is 52.6 Å². The highest BCUT2D eigenvalue weighted by Crippen LogP contribution is 2.55. The van der Waals surface area contributed by atoms with Crippen molar-refractivity contribution in [3.05, 3.63) is 82.0 Å². The number of benzene rings is 2. The molecular formula is C41H42ClN7O6. The highest BCUT2D eigenvalue weighted by molar-refractivity contribution is 6.31. The molecule has 13 nitrogen and oxygen atoms in total. The first-order chi connectivity index (χ1) is 26.1. The van der Waals surface area contributed by atoms with E-state index in [4.69, 9.17) is 16.3 Å². The van der Waals surface area contributed by atoms with Crippen molar-refractivity contribution in [2.24, 2.45) is 16.2 Å². The van der Waals surface area contributed by atoms with E-state index in [1.165, 1.54) is 0 Å². The fourth-order valence-electron chi connectivity index (χ4n) is 9.65. The Morgan fingerprint density at radius 1 is 0.945 bits per heavy atom. The molecule has 1 unspecified atom stereocenters. The summed E-state index contributed by atoms with van der Waals surface area (Å²) in [5.74, 6) is -0.825. The Bertz CT molecular complexity index is 2170. The quantitative estimate of drug-likeness (QED) is 0.322. The lowest BCUT2D eigenvalue weighted by Crippen LogP contribution is -2.74. The van der Waals surface area contributed by atoms with E-state index in [2.05, 4.69) is 59.2 Å². The first-order valence-electron chi connectivity index (χ1n) is 18.6. The van der Waals surface area contributed by atoms with Crippen molar-refractivity contribution in [3.8, 4) is 11.8 Å². The molecule has 8 rings (SSSR count). The van der Waals surface area contributed by atoms with Gasteiger partial charge in [0.2, 0.25) is 11.8 Å². The maximum atomic E-state index is 13.5. The minimum Gasteiger partial charge on any atom is -0.489 e. The van der Waals surface area contributed by atoms with Crippen LogP contribution in [0, 0.1) is 27.6 Å². The van der Waals surface area contributed by atoms with Crippen LogP contribution in [0.2, 0.25) is 5.02 Å². The molecular weight excluding hydrogens is 722 g/mol. The summed E-state index contributed by atoms with van der Waals surface area (Å²) in [6.45, 7) is 11.6. The van der Waals surface area contributed by atoms with Gasteiger partial charge in [-0.1, -0.05) is 39.3 Å². The molecule has 0 radical (unpaired) electrons. The van der Waals surface area contributed by atoms with E-state index < -0.39 is 29.7 Å². The topological polar surface area (TPSA) is 165 Å². The van der Waals surface area contributed by atoms with E-state index in [1.54, 1.807) is 36.5 Å². The summed E-state index contributed by atoms with van der Waals surface area (Å²) in [6.07, 6.45) is 3.55. The summed E-state index contributed by atoms with van der Waals surface area (Å²) >= 11 is 6.24. The molecule has 284 valence electrons. The zero-order chi connectivity index (χ0) is 39.0. The lowest BCUT2D eigenvalue weighted by molar-refractivity contribution is -0.164. The van der Waals surface area contributed by atoms with Crippen molar-refractivity contribution in [1.82, 2.24) is 20.5 Å². The predicted molar refractivity (Wildman–Crippen MR) is 203 cm³/mol. The third kappa shape index (κ3) is 6.07. The maximum Gasteiger partial charge on any atom is 0.262 e. The Labute approximate surface area is 323 Å². The molecule has 5 heterocycles. The number of aromatic nitrogens is 1. The van der Waals surface area contributed by atoms with Crippen LogP contribution in [-0.2, 0) is 9.59 Å². The van der Waals surface area contributed by atoms with Crippen molar-refractivity contribution in [2.45, 2.75) is 71.6 Å². The van der Waals surface area contributed by atoms with E-state index in [0.717, 1.165) is 55.4 Å². The Morgan fingerprint density at radius 2 is 1.65 bits per heavy atom. The van der Waals surface area contributed by atoms with Crippen LogP contribution >= 0.6 is 11.6 Å². The molecule has 55 heavy (non-hydrogen) atoms. The van der Waals surface area contributed by atoms with Gasteiger partial charge in [0.05, 0.1) is 27.3 Å². The van der Waals surface area contributed by atoms with Gasteiger partial charge in [-0.25, -0.2) is 4.98 Å². The predicted octanol–water partition coefficient (Wildman–Crippen LogP) is 4.73. The molecule has 1 spiro atoms. The third-order valence-electron chi connectivity index (χ3n) is 12.4. The molecule has 3 aromatic rings. The molecule has 14 heteroatoms. The van der Waals surface area contributed by atoms with Gasteiger partial charge < -0.3 is 19.9 Å². The van der Waals surface area contributed by atoms with Gasteiger partial charge in [-0.15, -0.1) is 0 Å². The second-order valence-electron chi connectivity index (χ2n) is 16.7. The van der Waals surface area contributed by atoms with Gasteiger partial charge in [0.1, 0.15) is 29.8 Å². The van der Waals surface area contributed by atoms with Crippen LogP contribution < -0.4 is 25.2 Å². The molecule has 1 saturated carbocycles. The molecule has 5 amide bonds. The molecule has 1 aliphatic carbocycles. The largest absolute Gasteiger partial charge is 0.489 e. The van der Waals surface area contributed by atoms with Crippen LogP contribution in [0.1, 0.15) is 90.0 Å². The zero-order valence-corrected chi connectivity index (χ0v) is 31.9. The summed E-state index contributed by atoms with van der Waals surface area (Å²) < 4.78 is 6.36. The number of nitrogens with zero attached hydrogens (tertiary/aromatic N) is 5. The molecule has 5 aliphatic rings.